The summed E-state index contributed by atoms with van der Waals surface area (Å²) in [6.45, 7) is 0. The van der Waals surface area contributed by atoms with Crippen LogP contribution < -0.4 is 9.47 Å². The molecule has 5 nitrogen and oxygen atoms in total. The first kappa shape index (κ1) is 14.1. The van der Waals surface area contributed by atoms with Crippen LogP contribution >= 0.6 is 0 Å². The van der Waals surface area contributed by atoms with E-state index in [-0.39, 0.29) is 0 Å². The number of fused-ring (bicyclic) bond motifs is 1. The zero-order chi connectivity index (χ0) is 15.7. The molecule has 5 heteroatoms. The number of nitroso groups, excluding NO2 is 1. The van der Waals surface area contributed by atoms with Gasteiger partial charge in [-0.25, -0.2) is 0 Å². The molecule has 1 aromatic heterocycles. The average Bonchev–Trinajstić information content (AvgIpc) is 2.96. The Morgan fingerprint density at radius 2 is 1.64 bits per heavy atom. The topological polar surface area (TPSA) is 54.3 Å². The molecule has 3 aromatic rings. The lowest BCUT2D eigenvalue weighted by Gasteiger charge is -2.03. The van der Waals surface area contributed by atoms with Gasteiger partial charge < -0.3 is 14.5 Å². The van der Waals surface area contributed by atoms with Gasteiger partial charge >= 0.3 is 0 Å². The van der Waals surface area contributed by atoms with E-state index < -0.39 is 0 Å². The third-order valence-electron chi connectivity index (χ3n) is 3.66. The third kappa shape index (κ3) is 2.41. The number of methoxy groups -OCH3 is 2. The molecule has 0 radical (unpaired) electrons. The number of aromatic amines is 1. The van der Waals surface area contributed by atoms with Crippen LogP contribution in [0.1, 0.15) is 0 Å². The standard InChI is InChI=1S/C17H17N2O3/c1-19(20)17-10-13(22-3)6-7-14(17)16-8-11-4-5-12(21-2)9-15(11)18-16/h4-10,18H,1-3H3/q+1. The molecule has 0 aliphatic carbocycles. The van der Waals surface area contributed by atoms with Gasteiger partial charge in [0.2, 0.25) is 0 Å². The molecule has 0 atom stereocenters. The van der Waals surface area contributed by atoms with E-state index in [2.05, 4.69) is 4.98 Å². The van der Waals surface area contributed by atoms with E-state index in [0.717, 1.165) is 32.7 Å². The number of H-pyrrole nitrogens is 1. The first-order valence-electron chi connectivity index (χ1n) is 6.88. The Morgan fingerprint density at radius 3 is 2.32 bits per heavy atom. The van der Waals surface area contributed by atoms with E-state index in [1.165, 1.54) is 7.05 Å². The Kier molecular flexibility index (Phi) is 3.55. The van der Waals surface area contributed by atoms with Crippen molar-refractivity contribution in [2.24, 2.45) is 0 Å². The molecule has 1 heterocycles. The first-order chi connectivity index (χ1) is 10.6. The Labute approximate surface area is 128 Å². The lowest BCUT2D eigenvalue weighted by molar-refractivity contribution is -0.427. The molecule has 0 amide bonds. The SMILES string of the molecule is COc1ccc(-c2cc3ccc(OC)cc3[nH]2)c([N+](C)=O)c1. The zero-order valence-electron chi connectivity index (χ0n) is 12.7. The molecule has 0 aliphatic heterocycles. The number of benzene rings is 2. The van der Waals surface area contributed by atoms with Gasteiger partial charge in [0, 0.05) is 26.6 Å². The predicted molar refractivity (Wildman–Crippen MR) is 86.1 cm³/mol. The molecule has 0 spiro atoms. The highest BCUT2D eigenvalue weighted by atomic mass is 16.5. The second-order valence-electron chi connectivity index (χ2n) is 5.02. The largest absolute Gasteiger partial charge is 0.497 e. The van der Waals surface area contributed by atoms with Gasteiger partial charge in [0.25, 0.3) is 5.69 Å². The lowest BCUT2D eigenvalue weighted by atomic mass is 10.1. The molecular weight excluding hydrogens is 280 g/mol. The van der Waals surface area contributed by atoms with Crippen LogP contribution in [0.5, 0.6) is 11.5 Å². The minimum atomic E-state index is 0.554. The predicted octanol–water partition coefficient (Wildman–Crippen LogP) is 3.89. The maximum Gasteiger partial charge on any atom is 0.268 e. The van der Waals surface area contributed by atoms with Crippen LogP contribution in [0.15, 0.2) is 42.5 Å². The van der Waals surface area contributed by atoms with Crippen LogP contribution in [0, 0.1) is 4.91 Å². The molecule has 22 heavy (non-hydrogen) atoms. The number of rotatable bonds is 4. The number of hydrogen-bond acceptors (Lipinski definition) is 3. The summed E-state index contributed by atoms with van der Waals surface area (Å²) in [7, 11) is 4.70. The summed E-state index contributed by atoms with van der Waals surface area (Å²) in [5.41, 5.74) is 3.22. The normalized spacial score (nSPS) is 10.7. The summed E-state index contributed by atoms with van der Waals surface area (Å²) >= 11 is 0. The van der Waals surface area contributed by atoms with Crippen LogP contribution in [0.25, 0.3) is 22.2 Å². The van der Waals surface area contributed by atoms with Crippen LogP contribution in [-0.4, -0.2) is 31.0 Å². The van der Waals surface area contributed by atoms with Crippen LogP contribution in [0.4, 0.5) is 5.69 Å². The summed E-state index contributed by atoms with van der Waals surface area (Å²) in [5, 5.41) is 1.06. The molecule has 0 bridgehead atoms. The minimum Gasteiger partial charge on any atom is -0.497 e. The summed E-state index contributed by atoms with van der Waals surface area (Å²) in [6.07, 6.45) is 0. The van der Waals surface area contributed by atoms with Gasteiger partial charge in [0.05, 0.1) is 31.5 Å². The van der Waals surface area contributed by atoms with Gasteiger partial charge in [-0.2, -0.15) is 0 Å². The van der Waals surface area contributed by atoms with E-state index in [1.54, 1.807) is 20.3 Å². The van der Waals surface area contributed by atoms with Gasteiger partial charge in [-0.05, 0) is 30.3 Å². The van der Waals surface area contributed by atoms with Crippen molar-refractivity contribution in [3.05, 3.63) is 47.4 Å². The fourth-order valence-electron chi connectivity index (χ4n) is 2.50. The number of aromatic nitrogens is 1. The smallest absolute Gasteiger partial charge is 0.268 e. The van der Waals surface area contributed by atoms with E-state index in [1.807, 2.05) is 36.4 Å². The summed E-state index contributed by atoms with van der Waals surface area (Å²) in [4.78, 5) is 15.2. The van der Waals surface area contributed by atoms with E-state index >= 15 is 0 Å². The third-order valence-corrected chi connectivity index (χ3v) is 3.66. The summed E-state index contributed by atoms with van der Waals surface area (Å²) in [5.74, 6) is 1.44. The van der Waals surface area contributed by atoms with Crippen LogP contribution in [0.2, 0.25) is 0 Å². The van der Waals surface area contributed by atoms with Gasteiger partial charge in [-0.15, -0.1) is 0 Å². The first-order valence-corrected chi connectivity index (χ1v) is 6.88. The summed E-state index contributed by atoms with van der Waals surface area (Å²) < 4.78 is 11.3. The van der Waals surface area contributed by atoms with Crippen molar-refractivity contribution in [2.75, 3.05) is 21.3 Å². The van der Waals surface area contributed by atoms with Crippen LogP contribution in [0.3, 0.4) is 0 Å². The zero-order valence-corrected chi connectivity index (χ0v) is 12.7. The number of ether oxygens (including phenoxy) is 2. The molecule has 0 saturated heterocycles. The molecule has 1 N–H and O–H groups in total. The molecular formula is C17H17N2O3+. The molecule has 0 fully saturated rings. The highest BCUT2D eigenvalue weighted by molar-refractivity contribution is 5.88. The Morgan fingerprint density at radius 1 is 0.955 bits per heavy atom. The van der Waals surface area contributed by atoms with Crippen molar-refractivity contribution in [1.82, 2.24) is 4.98 Å². The van der Waals surface area contributed by atoms with Gasteiger partial charge in [-0.3, -0.25) is 0 Å². The van der Waals surface area contributed by atoms with Gasteiger partial charge in [-0.1, -0.05) is 0 Å². The maximum atomic E-state index is 11.9. The van der Waals surface area contributed by atoms with E-state index in [9.17, 15) is 4.91 Å². The molecule has 112 valence electrons. The van der Waals surface area contributed by atoms with Crippen molar-refractivity contribution >= 4 is 16.6 Å². The lowest BCUT2D eigenvalue weighted by Crippen LogP contribution is -1.95. The van der Waals surface area contributed by atoms with Crippen LogP contribution in [-0.2, 0) is 0 Å². The maximum absolute atomic E-state index is 11.9. The average molecular weight is 297 g/mol. The second-order valence-corrected chi connectivity index (χ2v) is 5.02. The number of hydrogen-bond donors (Lipinski definition) is 1. The van der Waals surface area contributed by atoms with Crippen molar-refractivity contribution in [1.29, 1.82) is 0 Å². The van der Waals surface area contributed by atoms with Crippen molar-refractivity contribution < 1.29 is 14.2 Å². The van der Waals surface area contributed by atoms with Crippen molar-refractivity contribution in [3.63, 3.8) is 0 Å². The highest BCUT2D eigenvalue weighted by Crippen LogP contribution is 2.34. The Bertz CT molecular complexity index is 852. The fraction of sp³-hybridized carbons (Fsp3) is 0.176. The quantitative estimate of drug-likeness (QED) is 0.743. The minimum absolute atomic E-state index is 0.554. The molecule has 0 unspecified atom stereocenters. The van der Waals surface area contributed by atoms with Gasteiger partial charge in [0.15, 0.2) is 7.05 Å². The second kappa shape index (κ2) is 5.52. The van der Waals surface area contributed by atoms with Crippen molar-refractivity contribution in [2.45, 2.75) is 0 Å². The monoisotopic (exact) mass is 297 g/mol. The fourth-order valence-corrected chi connectivity index (χ4v) is 2.50. The molecule has 0 saturated carbocycles. The highest BCUT2D eigenvalue weighted by Gasteiger charge is 2.19. The Hall–Kier alpha value is -2.82. The van der Waals surface area contributed by atoms with Gasteiger partial charge in [0.1, 0.15) is 11.5 Å². The molecule has 3 rings (SSSR count). The Balaban J connectivity index is 2.16. The molecule has 0 aliphatic rings. The number of nitrogens with zero attached hydrogens (tertiary/aromatic N) is 1. The van der Waals surface area contributed by atoms with E-state index in [0.29, 0.717) is 11.4 Å². The van der Waals surface area contributed by atoms with E-state index in [4.69, 9.17) is 9.47 Å². The number of nitrogens with one attached hydrogen (secondary N) is 1. The van der Waals surface area contributed by atoms with Crippen molar-refractivity contribution in [3.8, 4) is 22.8 Å². The summed E-state index contributed by atoms with van der Waals surface area (Å²) in [6, 6.07) is 13.3. The molecule has 2 aromatic carbocycles.